The van der Waals surface area contributed by atoms with Gasteiger partial charge in [0, 0.05) is 12.2 Å². The minimum Gasteiger partial charge on any atom is -0.329 e. The molecule has 0 saturated carbocycles. The molecule has 1 aliphatic heterocycles. The van der Waals surface area contributed by atoms with E-state index in [9.17, 15) is 4.79 Å². The summed E-state index contributed by atoms with van der Waals surface area (Å²) in [5.74, 6) is 0. The van der Waals surface area contributed by atoms with Crippen LogP contribution in [0, 0.1) is 0 Å². The normalized spacial score (nSPS) is 14.2. The first kappa shape index (κ1) is 15.4. The summed E-state index contributed by atoms with van der Waals surface area (Å²) in [5.41, 5.74) is 3.86. The molecule has 6 heteroatoms. The number of nitrogens with one attached hydrogen (secondary N) is 1. The summed E-state index contributed by atoms with van der Waals surface area (Å²) in [4.78, 5) is 14.4. The summed E-state index contributed by atoms with van der Waals surface area (Å²) >= 11 is 0. The Bertz CT molecular complexity index is 890. The maximum atomic E-state index is 12.6. The van der Waals surface area contributed by atoms with Gasteiger partial charge in [0.25, 0.3) is 0 Å². The maximum Gasteiger partial charge on any atom is 0.322 e. The number of carbonyl (C=O) groups is 1. The topological polar surface area (TPSA) is 63.1 Å². The van der Waals surface area contributed by atoms with Gasteiger partial charge in [-0.15, -0.1) is 5.10 Å². The number of anilines is 1. The Morgan fingerprint density at radius 2 is 1.88 bits per heavy atom. The zero-order valence-corrected chi connectivity index (χ0v) is 14.0. The Morgan fingerprint density at radius 1 is 1.12 bits per heavy atom. The van der Waals surface area contributed by atoms with Crippen molar-refractivity contribution in [2.24, 2.45) is 0 Å². The highest BCUT2D eigenvalue weighted by atomic mass is 16.2. The molecule has 25 heavy (non-hydrogen) atoms. The van der Waals surface area contributed by atoms with Crippen molar-refractivity contribution >= 4 is 11.7 Å². The van der Waals surface area contributed by atoms with Crippen molar-refractivity contribution in [2.75, 3.05) is 11.4 Å². The molecule has 0 saturated heterocycles. The predicted molar refractivity (Wildman–Crippen MR) is 95.8 cm³/mol. The van der Waals surface area contributed by atoms with Crippen molar-refractivity contribution in [3.8, 4) is 5.69 Å². The summed E-state index contributed by atoms with van der Waals surface area (Å²) in [5, 5.41) is 11.4. The SMILES string of the molecule is C[C@@H](NC(=O)N1CCc2ccccc21)c1cn(-c2ccccc2)nn1. The van der Waals surface area contributed by atoms with E-state index >= 15 is 0 Å². The molecule has 0 spiro atoms. The lowest BCUT2D eigenvalue weighted by molar-refractivity contribution is 0.243. The van der Waals surface area contributed by atoms with Gasteiger partial charge in [-0.05, 0) is 37.1 Å². The van der Waals surface area contributed by atoms with E-state index in [4.69, 9.17) is 0 Å². The van der Waals surface area contributed by atoms with E-state index in [2.05, 4.69) is 21.7 Å². The van der Waals surface area contributed by atoms with Gasteiger partial charge in [-0.25, -0.2) is 9.48 Å². The first-order valence-corrected chi connectivity index (χ1v) is 8.36. The Balaban J connectivity index is 1.47. The van der Waals surface area contributed by atoms with Gasteiger partial charge in [-0.1, -0.05) is 41.6 Å². The number of urea groups is 1. The average molecular weight is 333 g/mol. The Hall–Kier alpha value is -3.15. The van der Waals surface area contributed by atoms with Crippen molar-refractivity contribution < 1.29 is 4.79 Å². The van der Waals surface area contributed by atoms with E-state index in [0.717, 1.165) is 23.5 Å². The molecular formula is C19H19N5O. The van der Waals surface area contributed by atoms with Gasteiger partial charge >= 0.3 is 6.03 Å². The van der Waals surface area contributed by atoms with Crippen LogP contribution in [0.1, 0.15) is 24.2 Å². The fourth-order valence-electron chi connectivity index (χ4n) is 3.07. The van der Waals surface area contributed by atoms with Gasteiger partial charge in [0.05, 0.1) is 17.9 Å². The molecule has 6 nitrogen and oxygen atoms in total. The molecule has 0 unspecified atom stereocenters. The van der Waals surface area contributed by atoms with E-state index in [1.165, 1.54) is 5.56 Å². The van der Waals surface area contributed by atoms with E-state index in [0.29, 0.717) is 6.54 Å². The minimum absolute atomic E-state index is 0.105. The number of aromatic nitrogens is 3. The van der Waals surface area contributed by atoms with Gasteiger partial charge in [0.2, 0.25) is 0 Å². The molecule has 0 bridgehead atoms. The Kier molecular flexibility index (Phi) is 3.93. The summed E-state index contributed by atoms with van der Waals surface area (Å²) in [6, 6.07) is 17.5. The molecule has 0 radical (unpaired) electrons. The van der Waals surface area contributed by atoms with Gasteiger partial charge in [-0.3, -0.25) is 4.90 Å². The van der Waals surface area contributed by atoms with E-state index in [1.807, 2.05) is 61.7 Å². The number of hydrogen-bond acceptors (Lipinski definition) is 3. The molecule has 4 rings (SSSR count). The number of benzene rings is 2. The second-order valence-electron chi connectivity index (χ2n) is 6.13. The summed E-state index contributed by atoms with van der Waals surface area (Å²) < 4.78 is 1.71. The quantitative estimate of drug-likeness (QED) is 0.801. The molecule has 1 N–H and O–H groups in total. The molecule has 2 heterocycles. The minimum atomic E-state index is -0.224. The largest absolute Gasteiger partial charge is 0.329 e. The van der Waals surface area contributed by atoms with Crippen molar-refractivity contribution in [2.45, 2.75) is 19.4 Å². The maximum absolute atomic E-state index is 12.6. The van der Waals surface area contributed by atoms with Gasteiger partial charge in [0.15, 0.2) is 0 Å². The Morgan fingerprint density at radius 3 is 2.72 bits per heavy atom. The van der Waals surface area contributed by atoms with Crippen molar-refractivity contribution in [3.05, 3.63) is 72.1 Å². The van der Waals surface area contributed by atoms with Gasteiger partial charge in [-0.2, -0.15) is 0 Å². The number of rotatable bonds is 3. The van der Waals surface area contributed by atoms with E-state index in [-0.39, 0.29) is 12.1 Å². The number of nitrogens with zero attached hydrogens (tertiary/aromatic N) is 4. The van der Waals surface area contributed by atoms with Gasteiger partial charge < -0.3 is 5.32 Å². The van der Waals surface area contributed by atoms with Crippen molar-refractivity contribution in [3.63, 3.8) is 0 Å². The van der Waals surface area contributed by atoms with Crippen molar-refractivity contribution in [1.82, 2.24) is 20.3 Å². The third-order valence-corrected chi connectivity index (χ3v) is 4.45. The molecule has 1 atom stereocenters. The molecule has 2 aromatic carbocycles. The zero-order valence-electron chi connectivity index (χ0n) is 14.0. The predicted octanol–water partition coefficient (Wildman–Crippen LogP) is 3.10. The lowest BCUT2D eigenvalue weighted by Crippen LogP contribution is -2.40. The fraction of sp³-hybridized carbons (Fsp3) is 0.211. The molecule has 1 aliphatic rings. The van der Waals surface area contributed by atoms with Crippen LogP contribution in [-0.4, -0.2) is 27.6 Å². The van der Waals surface area contributed by atoms with Crippen LogP contribution < -0.4 is 10.2 Å². The van der Waals surface area contributed by atoms with Crippen LogP contribution in [0.5, 0.6) is 0 Å². The first-order valence-electron chi connectivity index (χ1n) is 8.36. The monoisotopic (exact) mass is 333 g/mol. The van der Waals surface area contributed by atoms with Crippen LogP contribution in [0.3, 0.4) is 0 Å². The first-order chi connectivity index (χ1) is 12.2. The number of para-hydroxylation sites is 2. The highest BCUT2D eigenvalue weighted by molar-refractivity contribution is 5.94. The summed E-state index contributed by atoms with van der Waals surface area (Å²) in [6.07, 6.45) is 2.74. The smallest absolute Gasteiger partial charge is 0.322 e. The third-order valence-electron chi connectivity index (χ3n) is 4.45. The molecule has 3 aromatic rings. The lowest BCUT2D eigenvalue weighted by Gasteiger charge is -2.20. The van der Waals surface area contributed by atoms with Crippen LogP contribution in [0.15, 0.2) is 60.8 Å². The van der Waals surface area contributed by atoms with E-state index < -0.39 is 0 Å². The molecule has 0 fully saturated rings. The second-order valence-corrected chi connectivity index (χ2v) is 6.13. The number of amides is 2. The molecule has 1 aromatic heterocycles. The van der Waals surface area contributed by atoms with Crippen LogP contribution >= 0.6 is 0 Å². The third kappa shape index (κ3) is 2.98. The molecular weight excluding hydrogens is 314 g/mol. The number of carbonyl (C=O) groups excluding carboxylic acids is 1. The van der Waals surface area contributed by atoms with Crippen LogP contribution in [0.2, 0.25) is 0 Å². The van der Waals surface area contributed by atoms with Crippen LogP contribution in [0.4, 0.5) is 10.5 Å². The second kappa shape index (κ2) is 6.39. The number of fused-ring (bicyclic) bond motifs is 1. The van der Waals surface area contributed by atoms with Gasteiger partial charge in [0.1, 0.15) is 5.69 Å². The zero-order chi connectivity index (χ0) is 17.2. The molecule has 0 aliphatic carbocycles. The highest BCUT2D eigenvalue weighted by Gasteiger charge is 2.25. The van der Waals surface area contributed by atoms with Crippen LogP contribution in [0.25, 0.3) is 5.69 Å². The standard InChI is InChI=1S/C19H19N5O/c1-14(17-13-24(22-21-17)16-8-3-2-4-9-16)20-19(25)23-12-11-15-7-5-6-10-18(15)23/h2-10,13-14H,11-12H2,1H3,(H,20,25)/t14-/m1/s1. The molecule has 126 valence electrons. The summed E-state index contributed by atoms with van der Waals surface area (Å²) in [7, 11) is 0. The summed E-state index contributed by atoms with van der Waals surface area (Å²) in [6.45, 7) is 2.62. The lowest BCUT2D eigenvalue weighted by atomic mass is 10.2. The number of hydrogen-bond donors (Lipinski definition) is 1. The average Bonchev–Trinajstić information content (AvgIpc) is 3.30. The highest BCUT2D eigenvalue weighted by Crippen LogP contribution is 2.27. The van der Waals surface area contributed by atoms with Crippen LogP contribution in [-0.2, 0) is 6.42 Å². The fourth-order valence-corrected chi connectivity index (χ4v) is 3.07. The van der Waals surface area contributed by atoms with Crippen molar-refractivity contribution in [1.29, 1.82) is 0 Å². The van der Waals surface area contributed by atoms with E-state index in [1.54, 1.807) is 9.58 Å². The molecule has 2 amide bonds. The Labute approximate surface area is 146 Å².